The maximum Gasteiger partial charge on any atom is 0.311 e. The summed E-state index contributed by atoms with van der Waals surface area (Å²) in [7, 11) is 1.35. The van der Waals surface area contributed by atoms with Crippen molar-refractivity contribution < 1.29 is 9.66 Å². The molecule has 0 fully saturated rings. The van der Waals surface area contributed by atoms with E-state index in [1.54, 1.807) is 6.07 Å². The molecule has 1 heterocycles. The molecule has 0 saturated carbocycles. The van der Waals surface area contributed by atoms with Gasteiger partial charge in [-0.25, -0.2) is 5.43 Å². The van der Waals surface area contributed by atoms with Crippen LogP contribution in [0.2, 0.25) is 0 Å². The Labute approximate surface area is 124 Å². The molecule has 10 heteroatoms. The highest BCUT2D eigenvalue weighted by molar-refractivity contribution is 5.81. The van der Waals surface area contributed by atoms with Crippen LogP contribution in [0.4, 0.5) is 11.6 Å². The number of methoxy groups -OCH3 is 1. The van der Waals surface area contributed by atoms with Gasteiger partial charge in [0.25, 0.3) is 5.56 Å². The Morgan fingerprint density at radius 3 is 2.86 bits per heavy atom. The number of aromatic nitrogens is 3. The topological polar surface area (TPSA) is 135 Å². The van der Waals surface area contributed by atoms with Crippen LogP contribution in [-0.2, 0) is 0 Å². The maximum atomic E-state index is 11.3. The van der Waals surface area contributed by atoms with E-state index in [-0.39, 0.29) is 28.6 Å². The zero-order valence-electron chi connectivity index (χ0n) is 11.7. The van der Waals surface area contributed by atoms with Crippen molar-refractivity contribution in [2.75, 3.05) is 12.5 Å². The Balaban J connectivity index is 2.16. The molecule has 114 valence electrons. The van der Waals surface area contributed by atoms with Gasteiger partial charge in [-0.05, 0) is 19.1 Å². The summed E-state index contributed by atoms with van der Waals surface area (Å²) in [5.74, 6) is 0.221. The van der Waals surface area contributed by atoms with Crippen LogP contribution in [-0.4, -0.2) is 33.4 Å². The third-order valence-electron chi connectivity index (χ3n) is 2.64. The lowest BCUT2D eigenvalue weighted by molar-refractivity contribution is -0.385. The average molecular weight is 304 g/mol. The van der Waals surface area contributed by atoms with Gasteiger partial charge in [0.15, 0.2) is 5.75 Å². The SMILES string of the molecule is COc1ccc(C=NNc2nnc(C)c(=O)[nH]2)cc1[N+](=O)[O-]. The van der Waals surface area contributed by atoms with E-state index < -0.39 is 4.92 Å². The average Bonchev–Trinajstić information content (AvgIpc) is 2.50. The smallest absolute Gasteiger partial charge is 0.311 e. The van der Waals surface area contributed by atoms with Gasteiger partial charge >= 0.3 is 5.69 Å². The molecule has 0 amide bonds. The van der Waals surface area contributed by atoms with Gasteiger partial charge in [0.05, 0.1) is 18.2 Å². The van der Waals surface area contributed by atoms with Crippen molar-refractivity contribution in [2.45, 2.75) is 6.92 Å². The number of hydrazone groups is 1. The van der Waals surface area contributed by atoms with Gasteiger partial charge in [-0.1, -0.05) is 0 Å². The molecular formula is C12H12N6O4. The minimum atomic E-state index is -0.549. The zero-order valence-corrected chi connectivity index (χ0v) is 11.7. The zero-order chi connectivity index (χ0) is 16.1. The number of nitro groups is 1. The number of rotatable bonds is 5. The van der Waals surface area contributed by atoms with Gasteiger partial charge in [-0.3, -0.25) is 19.9 Å². The first-order valence-electron chi connectivity index (χ1n) is 6.06. The van der Waals surface area contributed by atoms with Crippen molar-refractivity contribution in [3.8, 4) is 5.75 Å². The number of anilines is 1. The van der Waals surface area contributed by atoms with E-state index in [4.69, 9.17) is 4.74 Å². The van der Waals surface area contributed by atoms with Crippen molar-refractivity contribution in [1.82, 2.24) is 15.2 Å². The molecule has 2 aromatic rings. The Hall–Kier alpha value is -3.30. The number of aromatic amines is 1. The fraction of sp³-hybridized carbons (Fsp3) is 0.167. The van der Waals surface area contributed by atoms with E-state index >= 15 is 0 Å². The summed E-state index contributed by atoms with van der Waals surface area (Å²) in [6, 6.07) is 4.38. The molecule has 0 bridgehead atoms. The van der Waals surface area contributed by atoms with Gasteiger partial charge < -0.3 is 4.74 Å². The highest BCUT2D eigenvalue weighted by Crippen LogP contribution is 2.26. The molecule has 2 N–H and O–H groups in total. The number of nitro benzene ring substituents is 1. The molecule has 10 nitrogen and oxygen atoms in total. The van der Waals surface area contributed by atoms with Crippen molar-refractivity contribution >= 4 is 17.9 Å². The molecule has 1 aromatic heterocycles. The van der Waals surface area contributed by atoms with E-state index in [2.05, 4.69) is 25.7 Å². The Kier molecular flexibility index (Phi) is 4.41. The van der Waals surface area contributed by atoms with Crippen LogP contribution in [0.1, 0.15) is 11.3 Å². The van der Waals surface area contributed by atoms with Crippen molar-refractivity contribution in [1.29, 1.82) is 0 Å². The molecule has 0 aliphatic heterocycles. The Bertz CT molecular complexity index is 785. The summed E-state index contributed by atoms with van der Waals surface area (Å²) in [4.78, 5) is 24.1. The molecule has 22 heavy (non-hydrogen) atoms. The number of ether oxygens (including phenoxy) is 1. The molecular weight excluding hydrogens is 292 g/mol. The number of nitrogens with zero attached hydrogens (tertiary/aromatic N) is 4. The summed E-state index contributed by atoms with van der Waals surface area (Å²) in [6.45, 7) is 1.52. The summed E-state index contributed by atoms with van der Waals surface area (Å²) in [5, 5.41) is 22.0. The number of aryl methyl sites for hydroxylation is 1. The second-order valence-electron chi connectivity index (χ2n) is 4.15. The van der Waals surface area contributed by atoms with Crippen LogP contribution in [0.5, 0.6) is 5.75 Å². The Morgan fingerprint density at radius 2 is 2.23 bits per heavy atom. The second kappa shape index (κ2) is 6.43. The van der Waals surface area contributed by atoms with Crippen LogP contribution in [0.25, 0.3) is 0 Å². The summed E-state index contributed by atoms with van der Waals surface area (Å²) in [5.41, 5.74) is 2.64. The number of H-pyrrole nitrogens is 1. The van der Waals surface area contributed by atoms with Crippen LogP contribution in [0.3, 0.4) is 0 Å². The van der Waals surface area contributed by atoms with E-state index in [1.165, 1.54) is 32.4 Å². The largest absolute Gasteiger partial charge is 0.490 e. The predicted octanol–water partition coefficient (Wildman–Crippen LogP) is 0.836. The highest BCUT2D eigenvalue weighted by Gasteiger charge is 2.14. The highest BCUT2D eigenvalue weighted by atomic mass is 16.6. The lowest BCUT2D eigenvalue weighted by Gasteiger charge is -2.02. The lowest BCUT2D eigenvalue weighted by atomic mass is 10.2. The van der Waals surface area contributed by atoms with Crippen molar-refractivity contribution in [3.05, 3.63) is 49.9 Å². The molecule has 2 rings (SSSR count). The third-order valence-corrected chi connectivity index (χ3v) is 2.64. The van der Waals surface area contributed by atoms with Crippen molar-refractivity contribution in [3.63, 3.8) is 0 Å². The van der Waals surface area contributed by atoms with Crippen LogP contribution in [0.15, 0.2) is 28.1 Å². The van der Waals surface area contributed by atoms with Crippen LogP contribution >= 0.6 is 0 Å². The summed E-state index contributed by atoms with van der Waals surface area (Å²) in [6.07, 6.45) is 1.34. The van der Waals surface area contributed by atoms with E-state index in [1.807, 2.05) is 0 Å². The van der Waals surface area contributed by atoms with E-state index in [9.17, 15) is 14.9 Å². The molecule has 0 aliphatic carbocycles. The standard InChI is InChI=1S/C12H12N6O4/c1-7-11(19)14-12(17-15-7)16-13-6-8-3-4-10(22-2)9(5-8)18(20)21/h3-6H,1-2H3,(H2,14,16,17,19). The normalized spacial score (nSPS) is 10.6. The molecule has 0 atom stereocenters. The monoisotopic (exact) mass is 304 g/mol. The van der Waals surface area contributed by atoms with E-state index in [0.717, 1.165) is 0 Å². The third kappa shape index (κ3) is 3.42. The van der Waals surface area contributed by atoms with Crippen LogP contribution in [0, 0.1) is 17.0 Å². The first-order chi connectivity index (χ1) is 10.5. The summed E-state index contributed by atoms with van der Waals surface area (Å²) < 4.78 is 4.90. The number of hydrogen-bond donors (Lipinski definition) is 2. The first kappa shape index (κ1) is 15.1. The number of nitrogens with one attached hydrogen (secondary N) is 2. The lowest BCUT2D eigenvalue weighted by Crippen LogP contribution is -2.15. The predicted molar refractivity (Wildman–Crippen MR) is 78.3 cm³/mol. The molecule has 1 aromatic carbocycles. The molecule has 0 spiro atoms. The first-order valence-corrected chi connectivity index (χ1v) is 6.06. The van der Waals surface area contributed by atoms with Gasteiger partial charge in [-0.2, -0.15) is 5.10 Å². The maximum absolute atomic E-state index is 11.3. The molecule has 0 radical (unpaired) electrons. The minimum absolute atomic E-state index is 0.0647. The minimum Gasteiger partial charge on any atom is -0.490 e. The van der Waals surface area contributed by atoms with Crippen LogP contribution < -0.4 is 15.7 Å². The van der Waals surface area contributed by atoms with Crippen molar-refractivity contribution in [2.24, 2.45) is 5.10 Å². The number of benzene rings is 1. The molecule has 0 aliphatic rings. The van der Waals surface area contributed by atoms with Gasteiger partial charge in [0, 0.05) is 11.6 Å². The fourth-order valence-corrected chi connectivity index (χ4v) is 1.54. The molecule has 0 unspecified atom stereocenters. The summed E-state index contributed by atoms with van der Waals surface area (Å²) >= 11 is 0. The fourth-order valence-electron chi connectivity index (χ4n) is 1.54. The van der Waals surface area contributed by atoms with Gasteiger partial charge in [0.2, 0.25) is 5.95 Å². The van der Waals surface area contributed by atoms with Gasteiger partial charge in [0.1, 0.15) is 5.69 Å². The quantitative estimate of drug-likeness (QED) is 0.474. The Morgan fingerprint density at radius 1 is 1.45 bits per heavy atom. The number of hydrogen-bond acceptors (Lipinski definition) is 8. The second-order valence-corrected chi connectivity index (χ2v) is 4.15. The van der Waals surface area contributed by atoms with E-state index in [0.29, 0.717) is 5.56 Å². The molecule has 0 saturated heterocycles. The van der Waals surface area contributed by atoms with Gasteiger partial charge in [-0.15, -0.1) is 10.2 Å².